The van der Waals surface area contributed by atoms with Crippen LogP contribution in [0.2, 0.25) is 0 Å². The summed E-state index contributed by atoms with van der Waals surface area (Å²) in [5.74, 6) is -0.0752. The van der Waals surface area contributed by atoms with Crippen molar-refractivity contribution in [3.05, 3.63) is 0 Å². The van der Waals surface area contributed by atoms with Crippen molar-refractivity contribution in [1.82, 2.24) is 4.90 Å². The van der Waals surface area contributed by atoms with Crippen molar-refractivity contribution >= 4 is 15.7 Å². The Labute approximate surface area is 84.2 Å². The summed E-state index contributed by atoms with van der Waals surface area (Å²) in [6.07, 6.45) is 0. The minimum Gasteiger partial charge on any atom is -0.337 e. The Morgan fingerprint density at radius 3 is 2.57 bits per heavy atom. The van der Waals surface area contributed by atoms with Gasteiger partial charge in [-0.1, -0.05) is 0 Å². The summed E-state index contributed by atoms with van der Waals surface area (Å²) in [6, 6.07) is -0.814. The van der Waals surface area contributed by atoms with Crippen LogP contribution in [0.5, 0.6) is 0 Å². The zero-order valence-corrected chi connectivity index (χ0v) is 9.25. The van der Waals surface area contributed by atoms with Gasteiger partial charge in [-0.2, -0.15) is 0 Å². The van der Waals surface area contributed by atoms with Crippen LogP contribution >= 0.6 is 0 Å². The van der Waals surface area contributed by atoms with Crippen molar-refractivity contribution in [2.75, 3.05) is 18.1 Å². The maximum atomic E-state index is 11.5. The van der Waals surface area contributed by atoms with Crippen LogP contribution in [-0.2, 0) is 14.6 Å². The van der Waals surface area contributed by atoms with Crippen molar-refractivity contribution in [3.8, 4) is 0 Å². The number of hydrogen-bond acceptors (Lipinski definition) is 4. The minimum atomic E-state index is -2.96. The highest BCUT2D eigenvalue weighted by Gasteiger charge is 2.31. The molecular formula is C8H16N2O3S. The van der Waals surface area contributed by atoms with Gasteiger partial charge in [-0.15, -0.1) is 0 Å². The predicted octanol–water partition coefficient (Wildman–Crippen LogP) is -1.02. The number of nitrogens with zero attached hydrogens (tertiary/aromatic N) is 1. The first-order valence-electron chi connectivity index (χ1n) is 4.60. The third-order valence-corrected chi connectivity index (χ3v) is 4.14. The number of hydrogen-bond donors (Lipinski definition) is 1. The summed E-state index contributed by atoms with van der Waals surface area (Å²) in [7, 11) is -2.96. The zero-order chi connectivity index (χ0) is 10.9. The predicted molar refractivity (Wildman–Crippen MR) is 53.5 cm³/mol. The number of amides is 1. The lowest BCUT2D eigenvalue weighted by atomic mass is 10.2. The normalized spacial score (nSPS) is 28.5. The number of carbonyl (C=O) groups is 1. The molecule has 0 saturated carbocycles. The van der Waals surface area contributed by atoms with Crippen molar-refractivity contribution < 1.29 is 13.2 Å². The van der Waals surface area contributed by atoms with E-state index in [0.717, 1.165) is 0 Å². The van der Waals surface area contributed by atoms with Gasteiger partial charge in [0.25, 0.3) is 0 Å². The van der Waals surface area contributed by atoms with Gasteiger partial charge < -0.3 is 10.6 Å². The van der Waals surface area contributed by atoms with Crippen LogP contribution in [-0.4, -0.2) is 49.4 Å². The molecule has 0 aromatic rings. The average Bonchev–Trinajstić information content (AvgIpc) is 2.01. The zero-order valence-electron chi connectivity index (χ0n) is 8.43. The molecule has 0 radical (unpaired) electrons. The van der Waals surface area contributed by atoms with E-state index in [1.54, 1.807) is 18.7 Å². The molecule has 82 valence electrons. The molecule has 0 aromatic carbocycles. The minimum absolute atomic E-state index is 0.0471. The van der Waals surface area contributed by atoms with Gasteiger partial charge in [-0.05, 0) is 13.8 Å². The molecule has 0 bridgehead atoms. The second-order valence-electron chi connectivity index (χ2n) is 3.78. The molecule has 1 amide bonds. The molecule has 2 N–H and O–H groups in total. The largest absolute Gasteiger partial charge is 0.337 e. The van der Waals surface area contributed by atoms with E-state index in [-0.39, 0.29) is 30.0 Å². The summed E-state index contributed by atoms with van der Waals surface area (Å²) in [5.41, 5.74) is 5.46. The molecule has 0 spiro atoms. The number of nitrogens with two attached hydrogens (primary N) is 1. The van der Waals surface area contributed by atoms with E-state index in [2.05, 4.69) is 0 Å². The molecule has 1 aliphatic rings. The standard InChI is InChI=1S/C8H16N2O3S/c1-6-5-14(12,13)4-3-10(6)8(11)7(2)9/h6-7H,3-5,9H2,1-2H3/t6?,7-/m0/s1. The highest BCUT2D eigenvalue weighted by Crippen LogP contribution is 2.12. The van der Waals surface area contributed by atoms with Gasteiger partial charge in [0.1, 0.15) is 0 Å². The molecule has 0 aromatic heterocycles. The third-order valence-electron chi connectivity index (χ3n) is 2.34. The lowest BCUT2D eigenvalue weighted by Gasteiger charge is -2.34. The monoisotopic (exact) mass is 220 g/mol. The summed E-state index contributed by atoms with van der Waals surface area (Å²) in [4.78, 5) is 13.1. The first kappa shape index (κ1) is 11.5. The molecule has 1 heterocycles. The van der Waals surface area contributed by atoms with E-state index in [9.17, 15) is 13.2 Å². The quantitative estimate of drug-likeness (QED) is 0.613. The fraction of sp³-hybridized carbons (Fsp3) is 0.875. The van der Waals surface area contributed by atoms with E-state index < -0.39 is 15.9 Å². The molecule has 1 aliphatic heterocycles. The van der Waals surface area contributed by atoms with Crippen LogP contribution in [0.25, 0.3) is 0 Å². The third kappa shape index (κ3) is 2.45. The Balaban J connectivity index is 2.72. The SMILES string of the molecule is CC1CS(=O)(=O)CCN1C(=O)[C@H](C)N. The Hall–Kier alpha value is -0.620. The topological polar surface area (TPSA) is 80.5 Å². The van der Waals surface area contributed by atoms with Crippen molar-refractivity contribution in [2.45, 2.75) is 25.9 Å². The summed E-state index contributed by atoms with van der Waals surface area (Å²) >= 11 is 0. The van der Waals surface area contributed by atoms with Gasteiger partial charge in [0.15, 0.2) is 9.84 Å². The van der Waals surface area contributed by atoms with Gasteiger partial charge in [0.2, 0.25) is 5.91 Å². The smallest absolute Gasteiger partial charge is 0.239 e. The van der Waals surface area contributed by atoms with Crippen LogP contribution in [0.1, 0.15) is 13.8 Å². The van der Waals surface area contributed by atoms with E-state index in [4.69, 9.17) is 5.73 Å². The summed E-state index contributed by atoms with van der Waals surface area (Å²) in [6.45, 7) is 3.61. The van der Waals surface area contributed by atoms with Crippen LogP contribution in [0, 0.1) is 0 Å². The van der Waals surface area contributed by atoms with E-state index in [0.29, 0.717) is 0 Å². The number of sulfone groups is 1. The Bertz CT molecular complexity index is 323. The first-order chi connectivity index (χ1) is 6.33. The summed E-state index contributed by atoms with van der Waals surface area (Å²) < 4.78 is 22.5. The maximum Gasteiger partial charge on any atom is 0.239 e. The molecule has 5 nitrogen and oxygen atoms in total. The van der Waals surface area contributed by atoms with Crippen molar-refractivity contribution in [1.29, 1.82) is 0 Å². The van der Waals surface area contributed by atoms with Crippen LogP contribution in [0.15, 0.2) is 0 Å². The molecular weight excluding hydrogens is 204 g/mol. The van der Waals surface area contributed by atoms with E-state index in [1.165, 1.54) is 0 Å². The van der Waals surface area contributed by atoms with Gasteiger partial charge in [-0.25, -0.2) is 8.42 Å². The van der Waals surface area contributed by atoms with E-state index >= 15 is 0 Å². The lowest BCUT2D eigenvalue weighted by Crippen LogP contribution is -2.53. The van der Waals surface area contributed by atoms with Crippen LogP contribution < -0.4 is 5.73 Å². The Morgan fingerprint density at radius 1 is 1.57 bits per heavy atom. The number of carbonyl (C=O) groups excluding carboxylic acids is 1. The van der Waals surface area contributed by atoms with Crippen molar-refractivity contribution in [3.63, 3.8) is 0 Å². The van der Waals surface area contributed by atoms with Gasteiger partial charge >= 0.3 is 0 Å². The first-order valence-corrected chi connectivity index (χ1v) is 6.42. The molecule has 2 atom stereocenters. The fourth-order valence-corrected chi connectivity index (χ4v) is 3.14. The van der Waals surface area contributed by atoms with Crippen LogP contribution in [0.3, 0.4) is 0 Å². The van der Waals surface area contributed by atoms with Gasteiger partial charge in [0, 0.05) is 12.6 Å². The maximum absolute atomic E-state index is 11.5. The Morgan fingerprint density at radius 2 is 2.14 bits per heavy atom. The fourth-order valence-electron chi connectivity index (χ4n) is 1.59. The molecule has 0 aliphatic carbocycles. The van der Waals surface area contributed by atoms with Crippen molar-refractivity contribution in [2.24, 2.45) is 5.73 Å². The number of rotatable bonds is 1. The molecule has 1 saturated heterocycles. The molecule has 1 unspecified atom stereocenters. The molecule has 14 heavy (non-hydrogen) atoms. The molecule has 6 heteroatoms. The molecule has 1 rings (SSSR count). The molecule has 1 fully saturated rings. The van der Waals surface area contributed by atoms with Gasteiger partial charge in [0.05, 0.1) is 17.5 Å². The lowest BCUT2D eigenvalue weighted by molar-refractivity contribution is -0.133. The average molecular weight is 220 g/mol. The Kier molecular flexibility index (Phi) is 3.16. The second-order valence-corrected chi connectivity index (χ2v) is 6.01. The second kappa shape index (κ2) is 3.86. The van der Waals surface area contributed by atoms with Crippen LogP contribution in [0.4, 0.5) is 0 Å². The highest BCUT2D eigenvalue weighted by atomic mass is 32.2. The van der Waals surface area contributed by atoms with E-state index in [1.807, 2.05) is 0 Å². The highest BCUT2D eigenvalue weighted by molar-refractivity contribution is 7.91. The van der Waals surface area contributed by atoms with Gasteiger partial charge in [-0.3, -0.25) is 4.79 Å². The summed E-state index contributed by atoms with van der Waals surface area (Å²) in [5, 5.41) is 0.